The maximum absolute atomic E-state index is 13.3. The number of hydrogen-bond donors (Lipinski definition) is 0. The van der Waals surface area contributed by atoms with E-state index in [4.69, 9.17) is 0 Å². The number of thiazole rings is 1. The number of hydrogen-bond acceptors (Lipinski definition) is 5. The summed E-state index contributed by atoms with van der Waals surface area (Å²) in [6, 6.07) is 18.5. The van der Waals surface area contributed by atoms with Gasteiger partial charge < -0.3 is 9.80 Å². The fraction of sp³-hybridized carbons (Fsp3) is 0.304. The molecule has 0 spiro atoms. The van der Waals surface area contributed by atoms with Crippen LogP contribution in [0.5, 0.6) is 0 Å². The Balaban J connectivity index is 1.46. The van der Waals surface area contributed by atoms with E-state index in [1.807, 2.05) is 42.2 Å². The molecule has 1 fully saturated rings. The van der Waals surface area contributed by atoms with Crippen molar-refractivity contribution >= 4 is 29.0 Å². The Kier molecular flexibility index (Phi) is 6.33. The van der Waals surface area contributed by atoms with Crippen LogP contribution in [0.2, 0.25) is 0 Å². The summed E-state index contributed by atoms with van der Waals surface area (Å²) in [4.78, 5) is 22.1. The smallest absolute Gasteiger partial charge is 0.254 e. The lowest BCUT2D eigenvalue weighted by atomic mass is 10.0. The number of aryl methyl sites for hydroxylation is 1. The molecule has 1 atom stereocenters. The molecule has 2 heterocycles. The lowest BCUT2D eigenvalue weighted by molar-refractivity contribution is 0.0498. The number of rotatable bonds is 5. The van der Waals surface area contributed by atoms with Gasteiger partial charge in [0.05, 0.1) is 6.04 Å². The molecule has 4 rings (SSSR count). The van der Waals surface area contributed by atoms with Crippen molar-refractivity contribution in [3.8, 4) is 0 Å². The van der Waals surface area contributed by atoms with Crippen molar-refractivity contribution in [2.24, 2.45) is 0 Å². The Morgan fingerprint density at radius 2 is 1.90 bits per heavy atom. The summed E-state index contributed by atoms with van der Waals surface area (Å²) in [6.45, 7) is 4.52. The molecule has 0 unspecified atom stereocenters. The van der Waals surface area contributed by atoms with Crippen molar-refractivity contribution in [2.75, 3.05) is 26.7 Å². The van der Waals surface area contributed by atoms with Crippen LogP contribution in [0.1, 0.15) is 33.2 Å². The number of likely N-dealkylation sites (N-methyl/N-ethyl adjacent to an activating group) is 1. The molecule has 1 aromatic heterocycles. The molecule has 1 amide bonds. The summed E-state index contributed by atoms with van der Waals surface area (Å²) >= 11 is 3.42. The Morgan fingerprint density at radius 1 is 1.14 bits per heavy atom. The highest BCUT2D eigenvalue weighted by molar-refractivity contribution is 8.00. The van der Waals surface area contributed by atoms with E-state index in [1.54, 1.807) is 23.1 Å². The van der Waals surface area contributed by atoms with Crippen LogP contribution in [0.15, 0.2) is 64.3 Å². The number of amides is 1. The predicted octanol–water partition coefficient (Wildman–Crippen LogP) is 4.87. The predicted molar refractivity (Wildman–Crippen MR) is 121 cm³/mol. The minimum atomic E-state index is 0.0887. The highest BCUT2D eigenvalue weighted by Crippen LogP contribution is 2.28. The standard InChI is InChI=1S/C23H25N3OS2/c1-17-15-28-23(24-17)29-16-18-8-10-20(11-9-18)22(27)26-13-12-25(2)14-21(26)19-6-4-3-5-7-19/h3-11,15,21H,12-14,16H2,1-2H3/t21-/m1/s1. The summed E-state index contributed by atoms with van der Waals surface area (Å²) in [5, 5.41) is 2.07. The number of benzene rings is 2. The van der Waals surface area contributed by atoms with Crippen LogP contribution in [-0.2, 0) is 5.75 Å². The van der Waals surface area contributed by atoms with Crippen molar-refractivity contribution in [3.05, 3.63) is 82.4 Å². The minimum absolute atomic E-state index is 0.0887. The normalized spacial score (nSPS) is 17.4. The molecular weight excluding hydrogens is 398 g/mol. The summed E-state index contributed by atoms with van der Waals surface area (Å²) in [5.74, 6) is 0.976. The van der Waals surface area contributed by atoms with Gasteiger partial charge in [-0.1, -0.05) is 54.2 Å². The summed E-state index contributed by atoms with van der Waals surface area (Å²) in [7, 11) is 2.12. The second kappa shape index (κ2) is 9.11. The third kappa shape index (κ3) is 4.89. The highest BCUT2D eigenvalue weighted by atomic mass is 32.2. The Bertz CT molecular complexity index is 956. The molecule has 29 heavy (non-hydrogen) atoms. The zero-order valence-corrected chi connectivity index (χ0v) is 18.4. The van der Waals surface area contributed by atoms with E-state index in [-0.39, 0.29) is 11.9 Å². The number of piperazine rings is 1. The van der Waals surface area contributed by atoms with Crippen LogP contribution in [0.4, 0.5) is 0 Å². The van der Waals surface area contributed by atoms with Gasteiger partial charge in [0, 0.05) is 42.0 Å². The summed E-state index contributed by atoms with van der Waals surface area (Å²) < 4.78 is 1.09. The van der Waals surface area contributed by atoms with E-state index in [0.29, 0.717) is 0 Å². The third-order valence-electron chi connectivity index (χ3n) is 5.19. The van der Waals surface area contributed by atoms with Crippen molar-refractivity contribution < 1.29 is 4.79 Å². The van der Waals surface area contributed by atoms with Crippen molar-refractivity contribution in [3.63, 3.8) is 0 Å². The topological polar surface area (TPSA) is 36.4 Å². The van der Waals surface area contributed by atoms with Gasteiger partial charge in [-0.2, -0.15) is 0 Å². The monoisotopic (exact) mass is 423 g/mol. The molecule has 6 heteroatoms. The molecule has 0 radical (unpaired) electrons. The minimum Gasteiger partial charge on any atom is -0.329 e. The molecule has 0 bridgehead atoms. The van der Waals surface area contributed by atoms with E-state index >= 15 is 0 Å². The third-order valence-corrected chi connectivity index (χ3v) is 7.40. The molecule has 0 aliphatic carbocycles. The van der Waals surface area contributed by atoms with Crippen molar-refractivity contribution in [1.29, 1.82) is 0 Å². The fourth-order valence-electron chi connectivity index (χ4n) is 3.58. The number of nitrogens with zero attached hydrogens (tertiary/aromatic N) is 3. The van der Waals surface area contributed by atoms with E-state index < -0.39 is 0 Å². The second-order valence-electron chi connectivity index (χ2n) is 7.43. The zero-order chi connectivity index (χ0) is 20.2. The average molecular weight is 424 g/mol. The lowest BCUT2D eigenvalue weighted by Gasteiger charge is -2.40. The SMILES string of the molecule is Cc1csc(SCc2ccc(C(=O)N3CCN(C)C[C@@H]3c3ccccc3)cc2)n1. The van der Waals surface area contributed by atoms with Gasteiger partial charge in [0.25, 0.3) is 5.91 Å². The van der Waals surface area contributed by atoms with Gasteiger partial charge in [-0.25, -0.2) is 4.98 Å². The first kappa shape index (κ1) is 20.1. The fourth-order valence-corrected chi connectivity index (χ4v) is 5.38. The van der Waals surface area contributed by atoms with E-state index in [9.17, 15) is 4.79 Å². The molecule has 0 N–H and O–H groups in total. The van der Waals surface area contributed by atoms with E-state index in [1.165, 1.54) is 11.1 Å². The van der Waals surface area contributed by atoms with Gasteiger partial charge in [-0.05, 0) is 37.2 Å². The summed E-state index contributed by atoms with van der Waals surface area (Å²) in [6.07, 6.45) is 0. The van der Waals surface area contributed by atoms with Gasteiger partial charge in [0.1, 0.15) is 4.34 Å². The van der Waals surface area contributed by atoms with Crippen LogP contribution in [0, 0.1) is 6.92 Å². The first-order valence-corrected chi connectivity index (χ1v) is 11.6. The number of carbonyl (C=O) groups is 1. The van der Waals surface area contributed by atoms with Gasteiger partial charge in [0.15, 0.2) is 0 Å². The molecule has 3 aromatic rings. The molecular formula is C23H25N3OS2. The maximum Gasteiger partial charge on any atom is 0.254 e. The summed E-state index contributed by atoms with van der Waals surface area (Å²) in [5.41, 5.74) is 4.23. The van der Waals surface area contributed by atoms with Gasteiger partial charge in [-0.3, -0.25) is 4.79 Å². The van der Waals surface area contributed by atoms with E-state index in [0.717, 1.165) is 41.0 Å². The zero-order valence-electron chi connectivity index (χ0n) is 16.7. The van der Waals surface area contributed by atoms with Gasteiger partial charge in [-0.15, -0.1) is 11.3 Å². The Morgan fingerprint density at radius 3 is 2.59 bits per heavy atom. The van der Waals surface area contributed by atoms with Crippen LogP contribution in [0.3, 0.4) is 0 Å². The van der Waals surface area contributed by atoms with Crippen LogP contribution in [-0.4, -0.2) is 47.4 Å². The molecule has 4 nitrogen and oxygen atoms in total. The molecule has 0 saturated carbocycles. The quantitative estimate of drug-likeness (QED) is 0.549. The maximum atomic E-state index is 13.3. The molecule has 2 aromatic carbocycles. The van der Waals surface area contributed by atoms with Gasteiger partial charge in [0.2, 0.25) is 0 Å². The molecule has 1 saturated heterocycles. The average Bonchev–Trinajstić information content (AvgIpc) is 3.18. The Labute approximate surface area is 180 Å². The molecule has 1 aliphatic heterocycles. The Hall–Kier alpha value is -2.15. The first-order valence-electron chi connectivity index (χ1n) is 9.78. The van der Waals surface area contributed by atoms with Crippen LogP contribution < -0.4 is 0 Å². The number of carbonyl (C=O) groups excluding carboxylic acids is 1. The first-order chi connectivity index (χ1) is 14.1. The van der Waals surface area contributed by atoms with E-state index in [2.05, 4.69) is 46.6 Å². The highest BCUT2D eigenvalue weighted by Gasteiger charge is 2.30. The van der Waals surface area contributed by atoms with Crippen molar-refractivity contribution in [2.45, 2.75) is 23.1 Å². The number of aromatic nitrogens is 1. The second-order valence-corrected chi connectivity index (χ2v) is 9.51. The molecule has 1 aliphatic rings. The molecule has 150 valence electrons. The van der Waals surface area contributed by atoms with Crippen LogP contribution in [0.25, 0.3) is 0 Å². The largest absolute Gasteiger partial charge is 0.329 e. The van der Waals surface area contributed by atoms with Crippen LogP contribution >= 0.6 is 23.1 Å². The number of thioether (sulfide) groups is 1. The van der Waals surface area contributed by atoms with Gasteiger partial charge >= 0.3 is 0 Å². The van der Waals surface area contributed by atoms with Crippen molar-refractivity contribution in [1.82, 2.24) is 14.8 Å². The lowest BCUT2D eigenvalue weighted by Crippen LogP contribution is -2.49.